The number of guanidine groups is 1. The lowest BCUT2D eigenvalue weighted by molar-refractivity contribution is -0.346. The van der Waals surface area contributed by atoms with Crippen molar-refractivity contribution in [3.05, 3.63) is 154 Å². The summed E-state index contributed by atoms with van der Waals surface area (Å²) in [7, 11) is 0. The van der Waals surface area contributed by atoms with Gasteiger partial charge in [0.1, 0.15) is 54.1 Å². The Hall–Kier alpha value is -12.0. The van der Waals surface area contributed by atoms with Crippen LogP contribution in [0.25, 0.3) is 0 Å². The lowest BCUT2D eigenvalue weighted by Gasteiger charge is -2.67. The SMILES string of the molecule is CC(=O)O[C@H]1C(=O)[C@@]2(C)C([C@H](OC(=O)c3ccccc3)[C@]3(O)C[C@H](OC(=O)[C@H](OC(=O)CCC(=O)NCc4ccc(CN5C(=O)[C@H]6CC(=O)N[C@@H](CCCNC(=N)N)C(=O)NCC(=O)N[C@@H](CC(=O)O)C(=O)NC[C@H]5C(=O)N6)cc4)[C@@H](NC(=O)c4ccccc4)c4ccccc4)C(C)=C1C3(C)C)[C@]1(OC(C)=O)CO[C@@H]1C[C@@H]2O. The second kappa shape index (κ2) is 35.2. The molecule has 6 fully saturated rings. The number of carbonyl (C=O) groups excluding carboxylic acids is 14. The van der Waals surface area contributed by atoms with E-state index < -0.39 is 235 Å². The molecule has 11 rings (SSSR count). The van der Waals surface area contributed by atoms with Crippen molar-refractivity contribution in [1.82, 2.24) is 47.4 Å². The van der Waals surface area contributed by atoms with E-state index in [1.807, 2.05) is 0 Å². The molecule has 602 valence electrons. The Morgan fingerprint density at radius 2 is 1.37 bits per heavy atom. The fourth-order valence-corrected chi connectivity index (χ4v) is 15.8. The minimum atomic E-state index is -2.60. The van der Waals surface area contributed by atoms with Crippen molar-refractivity contribution in [3.63, 3.8) is 0 Å². The molecule has 0 spiro atoms. The standard InChI is InChI=1S/C78H91N11O24/c1-40-52(34-78(107)66(112-72(105)47-21-14-9-15-22-47)64-76(6,53(92)33-54-77(64,39-108-54)113-42(3)91)65(99)62(109-41(2)90)60(40)75(78,4)5)110-73(106)63(61(45-17-10-7-11-18-45)88-67(100)46-19-12-8-13-20-46)111-59(98)29-28-55(93)82-35-43-24-26-44(27-25-43)38-89-51-36-83-69(102)49(32-58(96)97)86-57(95)37-84-68(101)48(23-16-30-81-74(79)80)85-56(94)31-50(71(89)104)87-70(51)103/h7-15,17-22,24-27,48-54,61-64,66,92,107H,16,23,28-39H2,1-6H3,(H,82,93)(H,83,102)(H,84,101)(H,85,94)(H,86,95)(H,87,103)(H,88,100)(H,96,97)(H4,79,80,81)/t48-,49-,50+,51-,52-,53-,54+,61-,62+,63+,64?,66-,76+,77-,78+/m0/s1. The molecule has 4 aromatic rings. The Morgan fingerprint density at radius 1 is 0.743 bits per heavy atom. The van der Waals surface area contributed by atoms with E-state index in [-0.39, 0.29) is 72.7 Å². The number of hydrogen-bond donors (Lipinski definition) is 13. The molecule has 8 amide bonds. The third-order valence-corrected chi connectivity index (χ3v) is 21.7. The highest BCUT2D eigenvalue weighted by atomic mass is 16.6. The van der Waals surface area contributed by atoms with Gasteiger partial charge in [-0.05, 0) is 78.8 Å². The van der Waals surface area contributed by atoms with Gasteiger partial charge in [-0.3, -0.25) is 67.7 Å². The number of aliphatic hydroxyl groups is 2. The summed E-state index contributed by atoms with van der Waals surface area (Å²) in [5, 5.41) is 63.7. The summed E-state index contributed by atoms with van der Waals surface area (Å²) in [5.41, 5.74) is -2.20. The highest BCUT2D eigenvalue weighted by Gasteiger charge is 2.78. The van der Waals surface area contributed by atoms with E-state index in [0.717, 1.165) is 18.7 Å². The number of nitrogens with zero attached hydrogens (tertiary/aromatic N) is 1. The zero-order valence-corrected chi connectivity index (χ0v) is 62.7. The highest BCUT2D eigenvalue weighted by Crippen LogP contribution is 2.64. The van der Waals surface area contributed by atoms with Crippen molar-refractivity contribution in [2.45, 2.75) is 184 Å². The van der Waals surface area contributed by atoms with E-state index in [9.17, 15) is 77.6 Å². The van der Waals surface area contributed by atoms with Gasteiger partial charge in [0.15, 0.2) is 23.4 Å². The molecule has 3 aliphatic carbocycles. The molecular weight excluding hydrogens is 1470 g/mol. The zero-order valence-electron chi connectivity index (χ0n) is 62.7. The van der Waals surface area contributed by atoms with Gasteiger partial charge in [-0.15, -0.1) is 0 Å². The van der Waals surface area contributed by atoms with Crippen molar-refractivity contribution in [3.8, 4) is 0 Å². The van der Waals surface area contributed by atoms with Gasteiger partial charge in [-0.25, -0.2) is 9.59 Å². The maximum atomic E-state index is 16.0. The first kappa shape index (κ1) is 83.5. The number of nitrogens with two attached hydrogens (primary N) is 1. The number of aliphatic carboxylic acids is 1. The number of rotatable bonds is 24. The Bertz CT molecular complexity index is 4410. The number of amides is 8. The molecule has 0 aromatic heterocycles. The van der Waals surface area contributed by atoms with Crippen LogP contribution in [0, 0.1) is 22.2 Å². The molecule has 4 bridgehead atoms. The molecule has 4 saturated heterocycles. The van der Waals surface area contributed by atoms with Crippen LogP contribution in [0.15, 0.2) is 126 Å². The number of benzene rings is 4. The van der Waals surface area contributed by atoms with Crippen molar-refractivity contribution in [2.24, 2.45) is 22.5 Å². The van der Waals surface area contributed by atoms with Gasteiger partial charge in [-0.1, -0.05) is 105 Å². The molecule has 14 N–H and O–H groups in total. The average Bonchev–Trinajstić information content (AvgIpc) is 0.668. The van der Waals surface area contributed by atoms with Crippen LogP contribution in [-0.2, 0) is 104 Å². The Labute approximate surface area is 647 Å². The first-order chi connectivity index (χ1) is 53.6. The van der Waals surface area contributed by atoms with Crippen LogP contribution in [0.4, 0.5) is 0 Å². The first-order valence-corrected chi connectivity index (χ1v) is 36.7. The van der Waals surface area contributed by atoms with Crippen molar-refractivity contribution in [2.75, 3.05) is 26.2 Å². The third kappa shape index (κ3) is 18.5. The van der Waals surface area contributed by atoms with E-state index in [2.05, 4.69) is 42.5 Å². The fraction of sp³-hybridized carbons (Fsp3) is 0.462. The van der Waals surface area contributed by atoms with Crippen molar-refractivity contribution >= 4 is 94.8 Å². The number of carbonyl (C=O) groups is 15. The summed E-state index contributed by atoms with van der Waals surface area (Å²) in [6.07, 6.45) is -14.6. The second-order valence-corrected chi connectivity index (χ2v) is 29.4. The van der Waals surface area contributed by atoms with Gasteiger partial charge in [0, 0.05) is 70.3 Å². The van der Waals surface area contributed by atoms with Crippen LogP contribution >= 0.6 is 0 Å². The number of nitrogens with one attached hydrogen (secondary N) is 9. The normalized spacial score (nSPS) is 27.4. The van der Waals surface area contributed by atoms with Crippen LogP contribution in [0.1, 0.15) is 136 Å². The van der Waals surface area contributed by atoms with E-state index in [1.54, 1.807) is 78.9 Å². The van der Waals surface area contributed by atoms with Crippen LogP contribution in [-0.4, -0.2) is 213 Å². The molecule has 35 nitrogen and oxygen atoms in total. The summed E-state index contributed by atoms with van der Waals surface area (Å²) in [6, 6.07) is 21.8. The first-order valence-electron chi connectivity index (χ1n) is 36.7. The number of carboxylic acids is 1. The number of ether oxygens (including phenoxy) is 6. The molecule has 35 heteroatoms. The van der Waals surface area contributed by atoms with E-state index in [0.29, 0.717) is 11.1 Å². The minimum absolute atomic E-state index is 0.0189. The monoisotopic (exact) mass is 1570 g/mol. The topological polar surface area (TPSA) is 521 Å². The molecule has 4 aliphatic heterocycles. The quantitative estimate of drug-likeness (QED) is 0.00830. The van der Waals surface area contributed by atoms with E-state index >= 15 is 9.59 Å². The highest BCUT2D eigenvalue weighted by molar-refractivity contribution is 6.01. The van der Waals surface area contributed by atoms with Crippen molar-refractivity contribution in [1.29, 1.82) is 5.41 Å². The number of piperazine rings is 1. The van der Waals surface area contributed by atoms with Crippen LogP contribution < -0.4 is 48.3 Å². The molecule has 2 saturated carbocycles. The number of carboxylic acid groups (broad SMARTS) is 1. The summed E-state index contributed by atoms with van der Waals surface area (Å²) < 4.78 is 37.1. The van der Waals surface area contributed by atoms with E-state index in [1.165, 1.54) is 64.1 Å². The largest absolute Gasteiger partial charge is 0.481 e. The third-order valence-electron chi connectivity index (χ3n) is 21.7. The smallest absolute Gasteiger partial charge is 0.350 e. The van der Waals surface area contributed by atoms with Crippen LogP contribution in [0.2, 0.25) is 0 Å². The van der Waals surface area contributed by atoms with Crippen LogP contribution in [0.5, 0.6) is 0 Å². The Balaban J connectivity index is 0.903. The number of fused-ring (bicyclic) bond motifs is 19. The van der Waals surface area contributed by atoms with Gasteiger partial charge < -0.3 is 96.9 Å². The maximum Gasteiger partial charge on any atom is 0.350 e. The van der Waals surface area contributed by atoms with Crippen LogP contribution in [0.3, 0.4) is 0 Å². The molecule has 4 heterocycles. The minimum Gasteiger partial charge on any atom is -0.481 e. The zero-order chi connectivity index (χ0) is 82.0. The fourth-order valence-electron chi connectivity index (χ4n) is 15.8. The molecule has 1 unspecified atom stereocenters. The van der Waals surface area contributed by atoms with Gasteiger partial charge in [0.05, 0.1) is 55.4 Å². The average molecular weight is 1570 g/mol. The molecule has 4 aromatic carbocycles. The van der Waals surface area contributed by atoms with Gasteiger partial charge >= 0.3 is 35.8 Å². The van der Waals surface area contributed by atoms with Gasteiger partial charge in [0.2, 0.25) is 47.5 Å². The molecule has 7 aliphatic rings. The number of Topliss-reactive ketones (excluding diaryl/α,β-unsaturated/α-hetero) is 1. The second-order valence-electron chi connectivity index (χ2n) is 29.4. The molecule has 0 radical (unpaired) electrons. The number of esters is 5. The summed E-state index contributed by atoms with van der Waals surface area (Å²) in [6.45, 7) is 5.72. The van der Waals surface area contributed by atoms with E-state index in [4.69, 9.17) is 39.6 Å². The number of aliphatic hydroxyl groups excluding tert-OH is 1. The van der Waals surface area contributed by atoms with Gasteiger partial charge in [-0.2, -0.15) is 0 Å². The molecular formula is C78H91N11O24. The summed E-state index contributed by atoms with van der Waals surface area (Å²) >= 11 is 0. The molecule has 113 heavy (non-hydrogen) atoms. The summed E-state index contributed by atoms with van der Waals surface area (Å²) in [5.74, 6) is -16.9. The lowest BCUT2D eigenvalue weighted by Crippen LogP contribution is -2.82. The lowest BCUT2D eigenvalue weighted by atomic mass is 9.44. The van der Waals surface area contributed by atoms with Crippen molar-refractivity contribution < 1.29 is 116 Å². The number of hydrogen-bond acceptors (Lipinski definition) is 24. The molecule has 15 atom stereocenters. The summed E-state index contributed by atoms with van der Waals surface area (Å²) in [4.78, 5) is 211. The number of ketones is 1. The predicted molar refractivity (Wildman–Crippen MR) is 391 cm³/mol. The Morgan fingerprint density at radius 3 is 1.99 bits per heavy atom. The maximum absolute atomic E-state index is 16.0. The Kier molecular flexibility index (Phi) is 26.0. The van der Waals surface area contributed by atoms with Gasteiger partial charge in [0.25, 0.3) is 5.91 Å². The predicted octanol–water partition coefficient (Wildman–Crippen LogP) is -0.0775.